The van der Waals surface area contributed by atoms with Crippen molar-refractivity contribution in [3.8, 4) is 91.3 Å². The molecule has 0 saturated heterocycles. The lowest BCUT2D eigenvalue weighted by atomic mass is 10.1. The van der Waals surface area contributed by atoms with Crippen LogP contribution in [0.5, 0.6) is 17.2 Å². The zero-order valence-electron chi connectivity index (χ0n) is 84.8. The highest BCUT2D eigenvalue weighted by molar-refractivity contribution is 6.31. The lowest BCUT2D eigenvalue weighted by Gasteiger charge is -2.17. The molecule has 45 heteroatoms. The minimum atomic E-state index is -4.44. The van der Waals surface area contributed by atoms with Crippen molar-refractivity contribution in [2.75, 3.05) is 11.1 Å². The zero-order valence-corrected chi connectivity index (χ0v) is 87.1. The second-order valence-electron chi connectivity index (χ2n) is 34.5. The fourth-order valence-corrected chi connectivity index (χ4v) is 13.2. The summed E-state index contributed by atoms with van der Waals surface area (Å²) in [5.41, 5.74) is 15.7. The lowest BCUT2D eigenvalue weighted by Crippen LogP contribution is -2.21. The van der Waals surface area contributed by atoms with Crippen molar-refractivity contribution in [3.63, 3.8) is 0 Å². The first-order valence-electron chi connectivity index (χ1n) is 46.2. The molecule has 15 rings (SSSR count). The number of nitrogens with zero attached hydrogens (tertiary/aromatic N) is 22. The molecule has 38 nitrogen and oxygen atoms in total. The van der Waals surface area contributed by atoms with Crippen LogP contribution in [0.2, 0.25) is 15.1 Å². The van der Waals surface area contributed by atoms with E-state index in [0.29, 0.717) is 83.8 Å². The summed E-state index contributed by atoms with van der Waals surface area (Å²) in [6, 6.07) is 38.6. The Balaban J connectivity index is 0.000000184. The summed E-state index contributed by atoms with van der Waals surface area (Å²) in [4.78, 5) is 106. The molecule has 782 valence electrons. The Morgan fingerprint density at radius 2 is 0.693 bits per heavy atom. The van der Waals surface area contributed by atoms with E-state index >= 15 is 0 Å². The smallest absolute Gasteiger partial charge is 0.416 e. The average Bonchev–Trinajstić information content (AvgIpc) is 1.68. The van der Waals surface area contributed by atoms with Crippen molar-refractivity contribution in [1.29, 1.82) is 0 Å². The lowest BCUT2D eigenvalue weighted by molar-refractivity contribution is -0.142. The quantitative estimate of drug-likeness (QED) is 0.0134. The summed E-state index contributed by atoms with van der Waals surface area (Å²) in [6.45, 7) is 31.4. The molecule has 0 unspecified atom stereocenters. The van der Waals surface area contributed by atoms with E-state index < -0.39 is 53.4 Å². The minimum Gasteiger partial charge on any atom is -0.460 e. The number of hydrogen-bond acceptors (Lipinski definition) is 31. The summed E-state index contributed by atoms with van der Waals surface area (Å²) < 4.78 is 104. The highest BCUT2D eigenvalue weighted by Gasteiger charge is 2.32. The number of imidazole rings is 1. The third-order valence-electron chi connectivity index (χ3n) is 18.5. The van der Waals surface area contributed by atoms with Gasteiger partial charge in [-0.15, -0.1) is 30.6 Å². The van der Waals surface area contributed by atoms with Crippen LogP contribution in [0, 0.1) is 27.7 Å². The van der Waals surface area contributed by atoms with Crippen LogP contribution in [0.25, 0.3) is 111 Å². The van der Waals surface area contributed by atoms with Crippen LogP contribution in [0.1, 0.15) is 125 Å². The first kappa shape index (κ1) is 115. The van der Waals surface area contributed by atoms with Gasteiger partial charge in [-0.25, -0.2) is 102 Å². The van der Waals surface area contributed by atoms with Crippen molar-refractivity contribution in [1.82, 2.24) is 108 Å². The summed E-state index contributed by atoms with van der Waals surface area (Å²) in [5.74, 6) is -0.393. The number of aromatic nitrogens is 22. The van der Waals surface area contributed by atoms with E-state index in [-0.39, 0.29) is 48.0 Å². The first-order valence-corrected chi connectivity index (χ1v) is 47.3. The number of nitrogens with two attached hydrogens (primary N) is 1. The molecule has 15 aromatic rings. The molecule has 0 aliphatic heterocycles. The third kappa shape index (κ3) is 39.3. The van der Waals surface area contributed by atoms with Gasteiger partial charge in [0.2, 0.25) is 5.85 Å². The van der Waals surface area contributed by atoms with Gasteiger partial charge in [0.25, 0.3) is 0 Å². The number of ether oxygens (including phenoxy) is 8. The van der Waals surface area contributed by atoms with E-state index in [1.54, 1.807) is 170 Å². The monoisotopic (exact) mass is 2110 g/mol. The number of rotatable bonds is 31. The Morgan fingerprint density at radius 1 is 0.360 bits per heavy atom. The van der Waals surface area contributed by atoms with Crippen LogP contribution in [0.4, 0.5) is 34.6 Å². The maximum atomic E-state index is 13.7. The van der Waals surface area contributed by atoms with E-state index in [0.717, 1.165) is 68.7 Å². The van der Waals surface area contributed by atoms with Gasteiger partial charge in [0.15, 0.2) is 40.7 Å². The second-order valence-corrected chi connectivity index (χ2v) is 35.8. The zero-order chi connectivity index (χ0) is 109. The predicted octanol–water partition coefficient (Wildman–Crippen LogP) is 21.6. The van der Waals surface area contributed by atoms with E-state index in [9.17, 15) is 46.3 Å². The van der Waals surface area contributed by atoms with Gasteiger partial charge >= 0.3 is 42.0 Å². The van der Waals surface area contributed by atoms with Crippen molar-refractivity contribution in [2.45, 2.75) is 173 Å². The van der Waals surface area contributed by atoms with Crippen molar-refractivity contribution in [3.05, 3.63) is 288 Å². The number of benzene rings is 7. The molecular weight excluding hydrogens is 2000 g/mol. The fourth-order valence-electron chi connectivity index (χ4n) is 12.7. The summed E-state index contributed by atoms with van der Waals surface area (Å²) in [6.07, 6.45) is 29.4. The molecule has 0 aliphatic rings. The van der Waals surface area contributed by atoms with Gasteiger partial charge in [-0.1, -0.05) is 34.8 Å². The van der Waals surface area contributed by atoms with Gasteiger partial charge in [0, 0.05) is 165 Å². The van der Waals surface area contributed by atoms with Crippen LogP contribution in [-0.4, -0.2) is 186 Å². The Morgan fingerprint density at radius 3 is 1.07 bits per heavy atom. The minimum absolute atomic E-state index is 0.131. The molecule has 0 saturated carbocycles. The van der Waals surface area contributed by atoms with Gasteiger partial charge in [-0.3, -0.25) is 0 Å². The van der Waals surface area contributed by atoms with Crippen LogP contribution >= 0.6 is 34.8 Å². The van der Waals surface area contributed by atoms with E-state index in [1.165, 1.54) is 147 Å². The summed E-state index contributed by atoms with van der Waals surface area (Å²) >= 11 is 18.0. The summed E-state index contributed by atoms with van der Waals surface area (Å²) in [5, 5.41) is 30.8. The standard InChI is InChI=1S/C21H21ClN4O2.C19H19N5O3.C18H22FN3O3.C17H16ClN5O2.C16H16F3N3O2.C14H15ClN4O2/c1-14(2)28-20(27)8-9-26-13-23-21(25-26)16-10-15(3)11-19(12-16)24-18-6-4-17(22)5-7-18;1-13(2)26-18(25)4-5-24-12-22-19(23-24)15-6-14(3)7-16(8-15)27-17-9-20-11-21-10-17;1-12(2)24-16(23)6-7-22-11-20-17(21-22)14-8-13(3)9-15(10-14)25-18(4,5)19;1-12(2)25-16(24)5-7-23-11-20-17(21-23)14-9-13(18)3-4-15(14)22-8-6-19-10-22;1-10(2)24-14(23)4-5-22-9-20-15(21-22)12-6-11(3)7-13(8-12)16(17,18)19;1-9(2)21-13(20)5-6-19-8-17-14(18-19)11-7-10(15)3-4-12(11)16/h4-14,24H,1-3H3;4-13H,1-3H3;6-12H,1-5H3;3-12H,1-2H3;4-10H,1-3H3;3-9H,16H2,1-2H3/b9-8-;5-4-;7-6-;7-5-;5-4-;6-5-. The van der Waals surface area contributed by atoms with Crippen molar-refractivity contribution in [2.24, 2.45) is 0 Å². The fraction of sp³-hybridized carbons (Fsp3) is 0.248. The van der Waals surface area contributed by atoms with Crippen molar-refractivity contribution < 1.29 is 84.2 Å². The van der Waals surface area contributed by atoms with Crippen LogP contribution in [-0.2, 0) is 63.4 Å². The number of esters is 6. The average molecular weight is 2110 g/mol. The van der Waals surface area contributed by atoms with Crippen molar-refractivity contribution >= 4 is 125 Å². The maximum Gasteiger partial charge on any atom is 0.416 e. The molecule has 7 aromatic carbocycles. The van der Waals surface area contributed by atoms with Crippen LogP contribution in [0.15, 0.2) is 245 Å². The van der Waals surface area contributed by atoms with Gasteiger partial charge in [-0.05, 0) is 266 Å². The topological polar surface area (TPSA) is 442 Å². The Hall–Kier alpha value is -17.3. The van der Waals surface area contributed by atoms with E-state index in [1.807, 2.05) is 104 Å². The normalized spacial score (nSPS) is 11.5. The van der Waals surface area contributed by atoms with E-state index in [4.69, 9.17) is 78.4 Å². The maximum absolute atomic E-state index is 13.7. The number of alkyl halides is 4. The largest absolute Gasteiger partial charge is 0.460 e. The number of hydrogen-bond donors (Lipinski definition) is 2. The Labute approximate surface area is 876 Å². The molecule has 150 heavy (non-hydrogen) atoms. The third-order valence-corrected chi connectivity index (χ3v) is 19.2. The predicted molar refractivity (Wildman–Crippen MR) is 560 cm³/mol. The molecule has 0 spiro atoms. The molecule has 0 fully saturated rings. The second kappa shape index (κ2) is 54.8. The first-order chi connectivity index (χ1) is 71.1. The highest BCUT2D eigenvalue weighted by Crippen LogP contribution is 2.36. The summed E-state index contributed by atoms with van der Waals surface area (Å²) in [7, 11) is 0. The Kier molecular flexibility index (Phi) is 41.9. The van der Waals surface area contributed by atoms with Crippen LogP contribution < -0.4 is 20.5 Å². The molecule has 0 amide bonds. The highest BCUT2D eigenvalue weighted by atomic mass is 35.5. The van der Waals surface area contributed by atoms with E-state index in [2.05, 4.69) is 80.8 Å². The Bertz CT molecular complexity index is 7260. The molecule has 0 aliphatic carbocycles. The molecule has 0 radical (unpaired) electrons. The number of nitrogen functional groups attached to an aromatic ring is 1. The van der Waals surface area contributed by atoms with Crippen LogP contribution in [0.3, 0.4) is 0 Å². The molecule has 0 bridgehead atoms. The SMILES string of the molecule is CC(C)OC(=O)/C=C\n1cnc(-c2cc(Cl)ccc2-n2ccnc2)n1.CC(C)OC(=O)/C=C\n1cnc(-c2cc(Cl)ccc2N)n1.Cc1cc(-c2ncn(/C=C\C(=O)OC(C)C)n2)cc(C(F)(F)F)c1.Cc1cc(Nc2ccc(Cl)cc2)cc(-c2ncn(/C=C\C(=O)OC(C)C)n2)c1.Cc1cc(OC(C)(C)F)cc(-c2ncn(/C=C\C(=O)OC(C)C)n2)c1.Cc1cc(Oc2cncnc2)cc(-c2ncn(/C=C\C(=O)OC(C)C)n2)c1. The number of halogens is 7. The molecule has 8 aromatic heterocycles. The molecule has 8 heterocycles. The van der Waals surface area contributed by atoms with Gasteiger partial charge in [0.05, 0.1) is 66.6 Å². The number of anilines is 3. The van der Waals surface area contributed by atoms with Gasteiger partial charge < -0.3 is 53.5 Å². The number of aryl methyl sites for hydroxylation is 4. The van der Waals surface area contributed by atoms with Gasteiger partial charge in [-0.2, -0.15) is 17.6 Å². The number of nitrogens with one attached hydrogen (secondary N) is 1. The number of carbonyl (C=O) groups excluding carboxylic acids is 6. The molecular formula is C105H109Cl3F4N24O14. The molecule has 0 atom stereocenters. The molecule has 3 N–H and O–H groups in total. The number of carbonyl (C=O) groups is 6. The van der Waals surface area contributed by atoms with Gasteiger partial charge in [0.1, 0.15) is 55.8 Å².